The van der Waals surface area contributed by atoms with Crippen LogP contribution in [0.25, 0.3) is 0 Å². The number of carboxylic acids is 1. The number of nitro benzene ring substituents is 1. The monoisotopic (exact) mass is 338 g/mol. The molecule has 0 fully saturated rings. The highest BCUT2D eigenvalue weighted by atomic mass is 16.6. The fraction of sp³-hybridized carbons (Fsp3) is 0.500. The van der Waals surface area contributed by atoms with Gasteiger partial charge >= 0.3 is 11.7 Å². The lowest BCUT2D eigenvalue weighted by Crippen LogP contribution is -2.42. The molecule has 0 aliphatic carbocycles. The number of benzene rings is 1. The van der Waals surface area contributed by atoms with Crippen molar-refractivity contribution in [2.45, 2.75) is 45.1 Å². The third-order valence-electron chi connectivity index (χ3n) is 3.52. The highest BCUT2D eigenvalue weighted by Crippen LogP contribution is 2.28. The Balaban J connectivity index is 2.82. The van der Waals surface area contributed by atoms with E-state index >= 15 is 0 Å². The second-order valence-electron chi connectivity index (χ2n) is 5.38. The van der Waals surface area contributed by atoms with E-state index in [9.17, 15) is 24.8 Å². The summed E-state index contributed by atoms with van der Waals surface area (Å²) in [6.07, 6.45) is 2.78. The molecule has 0 bridgehead atoms. The van der Waals surface area contributed by atoms with E-state index in [0.717, 1.165) is 12.8 Å². The van der Waals surface area contributed by atoms with E-state index in [4.69, 9.17) is 4.74 Å². The third kappa shape index (κ3) is 5.86. The van der Waals surface area contributed by atoms with Gasteiger partial charge in [0, 0.05) is 18.9 Å². The quantitative estimate of drug-likeness (QED) is 0.384. The fourth-order valence-electron chi connectivity index (χ4n) is 2.24. The summed E-state index contributed by atoms with van der Waals surface area (Å²) in [7, 11) is 1.32. The van der Waals surface area contributed by atoms with E-state index in [2.05, 4.69) is 5.32 Å². The number of nitrogens with zero attached hydrogens (tertiary/aromatic N) is 1. The van der Waals surface area contributed by atoms with Gasteiger partial charge in [-0.05, 0) is 18.1 Å². The lowest BCUT2D eigenvalue weighted by atomic mass is 10.0. The number of ether oxygens (including phenoxy) is 1. The van der Waals surface area contributed by atoms with Crippen LogP contribution in [0.4, 0.5) is 5.69 Å². The van der Waals surface area contributed by atoms with Crippen molar-refractivity contribution in [2.75, 3.05) is 7.11 Å². The smallest absolute Gasteiger partial charge is 0.326 e. The van der Waals surface area contributed by atoms with Gasteiger partial charge in [-0.25, -0.2) is 4.79 Å². The molecule has 0 spiro atoms. The summed E-state index contributed by atoms with van der Waals surface area (Å²) in [5, 5.41) is 22.7. The molecule has 0 radical (unpaired) electrons. The minimum Gasteiger partial charge on any atom is -0.490 e. The molecule has 1 amide bonds. The van der Waals surface area contributed by atoms with E-state index in [0.29, 0.717) is 12.0 Å². The van der Waals surface area contributed by atoms with Gasteiger partial charge in [0.05, 0.1) is 12.0 Å². The van der Waals surface area contributed by atoms with Crippen LogP contribution in [0.2, 0.25) is 0 Å². The van der Waals surface area contributed by atoms with Crippen LogP contribution in [-0.4, -0.2) is 35.1 Å². The molecule has 0 saturated heterocycles. The Labute approximate surface area is 140 Å². The largest absolute Gasteiger partial charge is 0.490 e. The first-order chi connectivity index (χ1) is 11.4. The van der Waals surface area contributed by atoms with Crippen molar-refractivity contribution in [1.29, 1.82) is 0 Å². The van der Waals surface area contributed by atoms with Crippen molar-refractivity contribution in [3.05, 3.63) is 33.9 Å². The van der Waals surface area contributed by atoms with Gasteiger partial charge in [0.1, 0.15) is 6.04 Å². The number of aliphatic carboxylic acids is 1. The van der Waals surface area contributed by atoms with Crippen LogP contribution in [0.15, 0.2) is 18.2 Å². The number of unbranched alkanes of at least 4 members (excludes halogenated alkanes) is 2. The van der Waals surface area contributed by atoms with Crippen molar-refractivity contribution in [2.24, 2.45) is 0 Å². The average molecular weight is 338 g/mol. The van der Waals surface area contributed by atoms with Crippen molar-refractivity contribution >= 4 is 17.6 Å². The van der Waals surface area contributed by atoms with Crippen LogP contribution in [-0.2, 0) is 16.0 Å². The van der Waals surface area contributed by atoms with Gasteiger partial charge in [-0.2, -0.15) is 0 Å². The molecule has 24 heavy (non-hydrogen) atoms. The van der Waals surface area contributed by atoms with Gasteiger partial charge in [-0.1, -0.05) is 25.8 Å². The molecule has 1 aromatic rings. The third-order valence-corrected chi connectivity index (χ3v) is 3.52. The minimum atomic E-state index is -1.18. The summed E-state index contributed by atoms with van der Waals surface area (Å²) in [6.45, 7) is 2.01. The maximum absolute atomic E-state index is 11.8. The van der Waals surface area contributed by atoms with Crippen LogP contribution >= 0.6 is 0 Å². The molecule has 1 atom stereocenters. The van der Waals surface area contributed by atoms with Crippen molar-refractivity contribution < 1.29 is 24.4 Å². The molecule has 132 valence electrons. The average Bonchev–Trinajstić information content (AvgIpc) is 2.54. The van der Waals surface area contributed by atoms with Gasteiger partial charge in [-0.15, -0.1) is 0 Å². The first-order valence-electron chi connectivity index (χ1n) is 7.72. The molecule has 2 N–H and O–H groups in total. The summed E-state index contributed by atoms with van der Waals surface area (Å²) in [5.41, 5.74) is 0.192. The molecule has 0 aromatic heterocycles. The van der Waals surface area contributed by atoms with Crippen molar-refractivity contribution in [1.82, 2.24) is 5.32 Å². The lowest BCUT2D eigenvalue weighted by Gasteiger charge is -2.15. The second-order valence-corrected chi connectivity index (χ2v) is 5.38. The zero-order chi connectivity index (χ0) is 18.1. The van der Waals surface area contributed by atoms with Crippen molar-refractivity contribution in [3.8, 4) is 5.75 Å². The molecule has 1 aromatic carbocycles. The Morgan fingerprint density at radius 3 is 2.62 bits per heavy atom. The first kappa shape index (κ1) is 19.4. The van der Waals surface area contributed by atoms with Crippen LogP contribution in [0.3, 0.4) is 0 Å². The molecular weight excluding hydrogens is 316 g/mol. The van der Waals surface area contributed by atoms with Crippen LogP contribution in [0.5, 0.6) is 5.75 Å². The van der Waals surface area contributed by atoms with E-state index < -0.39 is 16.9 Å². The van der Waals surface area contributed by atoms with E-state index in [1.165, 1.54) is 19.2 Å². The molecule has 0 aliphatic heterocycles. The molecule has 8 nitrogen and oxygen atoms in total. The van der Waals surface area contributed by atoms with Crippen LogP contribution < -0.4 is 10.1 Å². The summed E-state index contributed by atoms with van der Waals surface area (Å²) in [4.78, 5) is 33.6. The Morgan fingerprint density at radius 2 is 2.08 bits per heavy atom. The molecule has 0 aliphatic rings. The van der Waals surface area contributed by atoms with Gasteiger partial charge in [0.2, 0.25) is 5.91 Å². The number of carbonyl (C=O) groups is 2. The van der Waals surface area contributed by atoms with Gasteiger partial charge < -0.3 is 15.2 Å². The molecular formula is C16H22N2O6. The van der Waals surface area contributed by atoms with E-state index in [1.807, 2.05) is 6.92 Å². The maximum atomic E-state index is 11.8. The number of rotatable bonds is 10. The number of methoxy groups -OCH3 is 1. The Kier molecular flexibility index (Phi) is 7.67. The SMILES string of the molecule is CCCCCC(=O)NC(Cc1ccc(OC)c([N+](=O)[O-])c1)C(=O)O. The van der Waals surface area contributed by atoms with E-state index in [1.54, 1.807) is 6.07 Å². The number of nitrogens with one attached hydrogen (secondary N) is 1. The van der Waals surface area contributed by atoms with Gasteiger partial charge in [0.15, 0.2) is 5.75 Å². The van der Waals surface area contributed by atoms with Crippen LogP contribution in [0, 0.1) is 10.1 Å². The summed E-state index contributed by atoms with van der Waals surface area (Å²) >= 11 is 0. The maximum Gasteiger partial charge on any atom is 0.326 e. The normalized spacial score (nSPS) is 11.6. The number of carboxylic acid groups (broad SMARTS) is 1. The summed E-state index contributed by atoms with van der Waals surface area (Å²) < 4.78 is 4.91. The van der Waals surface area contributed by atoms with Gasteiger partial charge in [-0.3, -0.25) is 14.9 Å². The Morgan fingerprint density at radius 1 is 1.38 bits per heavy atom. The summed E-state index contributed by atoms with van der Waals surface area (Å²) in [5.74, 6) is -1.42. The Hall–Kier alpha value is -2.64. The number of nitro groups is 1. The predicted molar refractivity (Wildman–Crippen MR) is 87.1 cm³/mol. The Bertz CT molecular complexity index is 602. The highest BCUT2D eigenvalue weighted by molar-refractivity contribution is 5.83. The zero-order valence-corrected chi connectivity index (χ0v) is 13.8. The standard InChI is InChI=1S/C16H22N2O6/c1-3-4-5-6-15(19)17-12(16(20)21)9-11-7-8-14(24-2)13(10-11)18(22)23/h7-8,10,12H,3-6,9H2,1-2H3,(H,17,19)(H,20,21). The zero-order valence-electron chi connectivity index (χ0n) is 13.8. The number of hydrogen-bond donors (Lipinski definition) is 2. The molecule has 1 rings (SSSR count). The minimum absolute atomic E-state index is 0.0420. The second kappa shape index (κ2) is 9.49. The number of amides is 1. The fourth-order valence-corrected chi connectivity index (χ4v) is 2.24. The van der Waals surface area contributed by atoms with E-state index in [-0.39, 0.29) is 30.2 Å². The number of hydrogen-bond acceptors (Lipinski definition) is 5. The lowest BCUT2D eigenvalue weighted by molar-refractivity contribution is -0.385. The van der Waals surface area contributed by atoms with Crippen LogP contribution in [0.1, 0.15) is 38.2 Å². The number of carbonyl (C=O) groups excluding carboxylic acids is 1. The first-order valence-corrected chi connectivity index (χ1v) is 7.72. The predicted octanol–water partition coefficient (Wildman–Crippen LogP) is 2.30. The molecule has 0 heterocycles. The molecule has 0 saturated carbocycles. The summed E-state index contributed by atoms with van der Waals surface area (Å²) in [6, 6.07) is 3.09. The molecule has 8 heteroatoms. The highest BCUT2D eigenvalue weighted by Gasteiger charge is 2.22. The topological polar surface area (TPSA) is 119 Å². The van der Waals surface area contributed by atoms with Gasteiger partial charge in [0.25, 0.3) is 0 Å². The molecule has 1 unspecified atom stereocenters. The van der Waals surface area contributed by atoms with Crippen molar-refractivity contribution in [3.63, 3.8) is 0 Å².